The van der Waals surface area contributed by atoms with Crippen molar-refractivity contribution < 1.29 is 14.3 Å². The number of piperidine rings is 3. The van der Waals surface area contributed by atoms with Crippen LogP contribution in [0.2, 0.25) is 0 Å². The highest BCUT2D eigenvalue weighted by atomic mass is 16.5. The molecule has 0 amide bonds. The summed E-state index contributed by atoms with van der Waals surface area (Å²) in [6, 6.07) is 25.7. The van der Waals surface area contributed by atoms with Gasteiger partial charge in [0.05, 0.1) is 25.7 Å². The molecule has 3 fully saturated rings. The molecule has 4 heteroatoms. The molecule has 8 rings (SSSR count). The summed E-state index contributed by atoms with van der Waals surface area (Å²) in [4.78, 5) is 4.59. The van der Waals surface area contributed by atoms with E-state index in [0.717, 1.165) is 52.8 Å². The first-order valence-electron chi connectivity index (χ1n) is 14.5. The predicted molar refractivity (Wildman–Crippen MR) is 163 cm³/mol. The molecule has 40 heavy (non-hydrogen) atoms. The number of nitrogens with zero attached hydrogens (tertiary/aromatic N) is 2. The van der Waals surface area contributed by atoms with E-state index >= 15 is 0 Å². The molecule has 0 spiro atoms. The van der Waals surface area contributed by atoms with E-state index in [1.807, 2.05) is 30.5 Å². The van der Waals surface area contributed by atoms with Crippen molar-refractivity contribution in [2.24, 2.45) is 11.8 Å². The summed E-state index contributed by atoms with van der Waals surface area (Å²) >= 11 is 0. The summed E-state index contributed by atoms with van der Waals surface area (Å²) in [6.45, 7) is 9.53. The monoisotopic (exact) mass is 529 g/mol. The van der Waals surface area contributed by atoms with E-state index in [4.69, 9.17) is 4.74 Å². The van der Waals surface area contributed by atoms with Crippen LogP contribution >= 0.6 is 0 Å². The summed E-state index contributed by atoms with van der Waals surface area (Å²) in [6.07, 6.45) is 5.59. The third-order valence-corrected chi connectivity index (χ3v) is 10.1. The molecule has 4 heterocycles. The molecule has 3 aliphatic rings. The van der Waals surface area contributed by atoms with Crippen LogP contribution in [0.5, 0.6) is 5.75 Å². The standard InChI is InChI=1S/C36H37N2O2/c1-4-24-21-38(22-33-23(2)27-9-5-6-10-28(27)29-11-7-8-12-30(29)33)18-16-25(24)19-35(38)36(39)31-15-17-37-34-14-13-26(40-3)20-32(31)34/h4-15,17,20,24-25,35-36,39H,1,16,18-19,21-22H2,2-3H3/q+1/t24?,25?,35?,36-,38?/m0/s1. The van der Waals surface area contributed by atoms with Crippen molar-refractivity contribution in [2.75, 3.05) is 20.2 Å². The zero-order valence-electron chi connectivity index (χ0n) is 23.4. The number of rotatable bonds is 6. The van der Waals surface area contributed by atoms with Crippen molar-refractivity contribution in [1.29, 1.82) is 0 Å². The van der Waals surface area contributed by atoms with Gasteiger partial charge in [0.2, 0.25) is 0 Å². The topological polar surface area (TPSA) is 42.4 Å². The molecule has 5 atom stereocenters. The molecule has 3 saturated heterocycles. The first-order chi connectivity index (χ1) is 19.5. The van der Waals surface area contributed by atoms with Gasteiger partial charge in [0.1, 0.15) is 24.4 Å². The third kappa shape index (κ3) is 3.85. The minimum Gasteiger partial charge on any atom is -0.497 e. The van der Waals surface area contributed by atoms with Gasteiger partial charge in [-0.1, -0.05) is 54.6 Å². The number of hydrogen-bond donors (Lipinski definition) is 1. The van der Waals surface area contributed by atoms with E-state index in [9.17, 15) is 5.11 Å². The van der Waals surface area contributed by atoms with Gasteiger partial charge in [0.25, 0.3) is 0 Å². The average molecular weight is 530 g/mol. The number of methoxy groups -OCH3 is 1. The van der Waals surface area contributed by atoms with Gasteiger partial charge >= 0.3 is 0 Å². The third-order valence-electron chi connectivity index (χ3n) is 10.1. The summed E-state index contributed by atoms with van der Waals surface area (Å²) in [5.41, 5.74) is 4.61. The fourth-order valence-corrected chi connectivity index (χ4v) is 8.03. The molecule has 4 aromatic carbocycles. The summed E-state index contributed by atoms with van der Waals surface area (Å²) < 4.78 is 6.42. The summed E-state index contributed by atoms with van der Waals surface area (Å²) in [5, 5.41) is 18.5. The van der Waals surface area contributed by atoms with Crippen LogP contribution in [0.25, 0.3) is 32.4 Å². The Kier molecular flexibility index (Phi) is 6.14. The number of pyridine rings is 1. The first-order valence-corrected chi connectivity index (χ1v) is 14.5. The van der Waals surface area contributed by atoms with Gasteiger partial charge in [-0.15, -0.1) is 6.58 Å². The van der Waals surface area contributed by atoms with Crippen LogP contribution in [0.3, 0.4) is 0 Å². The van der Waals surface area contributed by atoms with E-state index in [-0.39, 0.29) is 6.04 Å². The molecule has 0 saturated carbocycles. The smallest absolute Gasteiger partial charge is 0.131 e. The molecule has 3 aliphatic heterocycles. The van der Waals surface area contributed by atoms with Crippen LogP contribution in [0.15, 0.2) is 91.6 Å². The van der Waals surface area contributed by atoms with Crippen molar-refractivity contribution in [3.8, 4) is 5.75 Å². The second kappa shape index (κ2) is 9.72. The number of fused-ring (bicyclic) bond motifs is 7. The Morgan fingerprint density at radius 2 is 1.73 bits per heavy atom. The normalized spacial score (nSPS) is 24.9. The Morgan fingerprint density at radius 1 is 1.00 bits per heavy atom. The summed E-state index contributed by atoms with van der Waals surface area (Å²) in [5.74, 6) is 1.82. The zero-order chi connectivity index (χ0) is 27.4. The van der Waals surface area contributed by atoms with Gasteiger partial charge in [-0.05, 0) is 69.8 Å². The van der Waals surface area contributed by atoms with Crippen LogP contribution in [0.4, 0.5) is 0 Å². The van der Waals surface area contributed by atoms with Crippen LogP contribution in [-0.2, 0) is 6.54 Å². The van der Waals surface area contributed by atoms with Crippen LogP contribution < -0.4 is 4.74 Å². The van der Waals surface area contributed by atoms with E-state index in [0.29, 0.717) is 11.8 Å². The second-order valence-corrected chi connectivity index (χ2v) is 12.0. The quantitative estimate of drug-likeness (QED) is 0.141. The molecule has 202 valence electrons. The highest BCUT2D eigenvalue weighted by Crippen LogP contribution is 2.49. The highest BCUT2D eigenvalue weighted by molar-refractivity contribution is 6.10. The molecule has 4 unspecified atom stereocenters. The number of benzene rings is 4. The van der Waals surface area contributed by atoms with E-state index in [2.05, 4.69) is 73.1 Å². The van der Waals surface area contributed by atoms with Gasteiger partial charge in [-0.2, -0.15) is 0 Å². The first kappa shape index (κ1) is 25.3. The molecule has 0 aliphatic carbocycles. The minimum atomic E-state index is -0.599. The largest absolute Gasteiger partial charge is 0.497 e. The van der Waals surface area contributed by atoms with Crippen molar-refractivity contribution in [2.45, 2.75) is 38.5 Å². The maximum Gasteiger partial charge on any atom is 0.131 e. The zero-order valence-corrected chi connectivity index (χ0v) is 23.4. The average Bonchev–Trinajstić information content (AvgIpc) is 3.02. The van der Waals surface area contributed by atoms with Crippen LogP contribution in [0.1, 0.15) is 35.6 Å². The Morgan fingerprint density at radius 3 is 2.48 bits per heavy atom. The predicted octanol–water partition coefficient (Wildman–Crippen LogP) is 7.50. The fourth-order valence-electron chi connectivity index (χ4n) is 8.03. The molecule has 2 bridgehead atoms. The van der Waals surface area contributed by atoms with Crippen molar-refractivity contribution in [1.82, 2.24) is 4.98 Å². The highest BCUT2D eigenvalue weighted by Gasteiger charge is 2.54. The van der Waals surface area contributed by atoms with Gasteiger partial charge in [0, 0.05) is 35.9 Å². The second-order valence-electron chi connectivity index (χ2n) is 12.0. The van der Waals surface area contributed by atoms with Gasteiger partial charge in [-0.3, -0.25) is 4.98 Å². The molecule has 5 aromatic rings. The molecular formula is C36H37N2O2+. The minimum absolute atomic E-state index is 0.0939. The Labute approximate surface area is 236 Å². The van der Waals surface area contributed by atoms with Crippen molar-refractivity contribution >= 4 is 32.4 Å². The van der Waals surface area contributed by atoms with E-state index < -0.39 is 6.10 Å². The number of aliphatic hydroxyl groups is 1. The number of hydrogen-bond acceptors (Lipinski definition) is 3. The van der Waals surface area contributed by atoms with Gasteiger partial charge in [0.15, 0.2) is 0 Å². The lowest BCUT2D eigenvalue weighted by Gasteiger charge is -2.58. The van der Waals surface area contributed by atoms with E-state index in [1.165, 1.54) is 39.1 Å². The maximum atomic E-state index is 12.3. The number of aromatic nitrogens is 1. The number of ether oxygens (including phenoxy) is 1. The lowest BCUT2D eigenvalue weighted by atomic mass is 9.71. The van der Waals surface area contributed by atoms with Gasteiger partial charge < -0.3 is 14.3 Å². The fraction of sp³-hybridized carbons (Fsp3) is 0.306. The van der Waals surface area contributed by atoms with Crippen LogP contribution in [-0.4, -0.2) is 40.8 Å². The summed E-state index contributed by atoms with van der Waals surface area (Å²) in [7, 11) is 1.69. The maximum absolute atomic E-state index is 12.3. The van der Waals surface area contributed by atoms with Crippen molar-refractivity contribution in [3.63, 3.8) is 0 Å². The SMILES string of the molecule is C=CC1C[N+]2(Cc3c(C)c4ccccc4c4ccccc34)CCC1CC2[C@@H](O)c1ccnc2ccc(OC)cc12. The van der Waals surface area contributed by atoms with Crippen LogP contribution in [0, 0.1) is 18.8 Å². The lowest BCUT2D eigenvalue weighted by Crippen LogP contribution is -2.67. The molecule has 1 aromatic heterocycles. The molecular weight excluding hydrogens is 492 g/mol. The number of quaternary nitrogens is 1. The van der Waals surface area contributed by atoms with Crippen molar-refractivity contribution in [3.05, 3.63) is 108 Å². The lowest BCUT2D eigenvalue weighted by molar-refractivity contribution is -0.984. The van der Waals surface area contributed by atoms with E-state index in [1.54, 1.807) is 7.11 Å². The molecule has 4 nitrogen and oxygen atoms in total. The number of aliphatic hydroxyl groups excluding tert-OH is 1. The Bertz CT molecular complexity index is 1760. The Hall–Kier alpha value is -3.73. The molecule has 1 N–H and O–H groups in total. The molecule has 0 radical (unpaired) electrons. The van der Waals surface area contributed by atoms with Gasteiger partial charge in [-0.25, -0.2) is 0 Å². The number of aryl methyl sites for hydroxylation is 1. The Balaban J connectivity index is 1.39.